The van der Waals surface area contributed by atoms with Gasteiger partial charge < -0.3 is 0 Å². The summed E-state index contributed by atoms with van der Waals surface area (Å²) in [6.07, 6.45) is 5.73. The number of alkyl halides is 4. The first-order chi connectivity index (χ1) is 11.6. The highest BCUT2D eigenvalue weighted by molar-refractivity contribution is 6.60. The molecule has 0 unspecified atom stereocenters. The van der Waals surface area contributed by atoms with Gasteiger partial charge in [-0.1, -0.05) is 42.5 Å². The molecule has 6 nitrogen and oxygen atoms in total. The second kappa shape index (κ2) is 8.25. The third kappa shape index (κ3) is 4.88. The number of nitro groups is 2. The van der Waals surface area contributed by atoms with Gasteiger partial charge in [-0.25, -0.2) is 0 Å². The van der Waals surface area contributed by atoms with Gasteiger partial charge in [-0.2, -0.15) is 0 Å². The summed E-state index contributed by atoms with van der Waals surface area (Å²) in [5, 5.41) is 22.7. The first-order valence-corrected chi connectivity index (χ1v) is 9.25. The van der Waals surface area contributed by atoms with Crippen LogP contribution in [-0.2, 0) is 0 Å². The van der Waals surface area contributed by atoms with Crippen LogP contribution >= 0.6 is 46.4 Å². The zero-order valence-electron chi connectivity index (χ0n) is 13.0. The molecule has 1 radical (unpaired) electrons. The van der Waals surface area contributed by atoms with Crippen molar-refractivity contribution in [2.45, 2.75) is 47.2 Å². The maximum atomic E-state index is 11.5. The molecule has 1 aliphatic rings. The molecule has 0 heterocycles. The normalized spacial score (nSPS) is 16.2. The third-order valence-corrected chi connectivity index (χ3v) is 6.05. The van der Waals surface area contributed by atoms with Crippen LogP contribution in [0.4, 0.5) is 11.4 Å². The molecule has 0 N–H and O–H groups in total. The molecule has 0 saturated heterocycles. The minimum absolute atomic E-state index is 0.0492. The average molecular weight is 429 g/mol. The molecule has 1 aromatic carbocycles. The quantitative estimate of drug-likeness (QED) is 0.312. The van der Waals surface area contributed by atoms with Gasteiger partial charge in [-0.05, 0) is 24.3 Å². The molecule has 0 amide bonds. The molecule has 10 heteroatoms. The molecule has 0 spiro atoms. The van der Waals surface area contributed by atoms with E-state index in [0.29, 0.717) is 5.56 Å². The Balaban J connectivity index is 2.62. The fraction of sp³-hybridized carbons (Fsp3) is 0.533. The lowest BCUT2D eigenvalue weighted by atomic mass is 9.80. The van der Waals surface area contributed by atoms with Gasteiger partial charge in [0, 0.05) is 18.1 Å². The van der Waals surface area contributed by atoms with Gasteiger partial charge in [-0.3, -0.25) is 20.2 Å². The van der Waals surface area contributed by atoms with Crippen LogP contribution in [0.15, 0.2) is 12.1 Å². The lowest BCUT2D eigenvalue weighted by molar-refractivity contribution is -0.394. The van der Waals surface area contributed by atoms with Gasteiger partial charge in [0.1, 0.15) is 4.84 Å². The largest absolute Gasteiger partial charge is 0.280 e. The fourth-order valence-electron chi connectivity index (χ4n) is 3.06. The van der Waals surface area contributed by atoms with Crippen molar-refractivity contribution < 1.29 is 9.85 Å². The summed E-state index contributed by atoms with van der Waals surface area (Å²) in [4.78, 5) is 20.1. The molecule has 0 aliphatic heterocycles. The molecule has 0 atom stereocenters. The summed E-state index contributed by atoms with van der Waals surface area (Å²) in [5.74, 6) is -0.0492. The molecule has 2 rings (SSSR count). The number of nitro benzene ring substituents is 2. The molecule has 137 valence electrons. The predicted octanol–water partition coefficient (Wildman–Crippen LogP) is 6.08. The van der Waals surface area contributed by atoms with Crippen molar-refractivity contribution in [1.82, 2.24) is 0 Å². The number of hydrogen-bond acceptors (Lipinski definition) is 4. The lowest BCUT2D eigenvalue weighted by Gasteiger charge is -2.27. The highest BCUT2D eigenvalue weighted by Crippen LogP contribution is 2.45. The number of hydrogen-bond donors (Lipinski definition) is 0. The molecule has 25 heavy (non-hydrogen) atoms. The monoisotopic (exact) mass is 427 g/mol. The zero-order valence-corrected chi connectivity index (χ0v) is 16.0. The van der Waals surface area contributed by atoms with Crippen LogP contribution in [0.3, 0.4) is 0 Å². The Labute approximate surface area is 164 Å². The number of non-ortho nitro benzene ring substituents is 1. The van der Waals surface area contributed by atoms with E-state index in [-0.39, 0.29) is 17.2 Å². The molecular weight excluding hydrogens is 414 g/mol. The van der Waals surface area contributed by atoms with Crippen LogP contribution in [0.25, 0.3) is 0 Å². The van der Waals surface area contributed by atoms with Crippen LogP contribution in [-0.4, -0.2) is 19.0 Å². The second-order valence-electron chi connectivity index (χ2n) is 5.94. The Morgan fingerprint density at radius 1 is 1.08 bits per heavy atom. The Bertz CT molecular complexity index is 676. The summed E-state index contributed by atoms with van der Waals surface area (Å²) in [6.45, 7) is 0. The highest BCUT2D eigenvalue weighted by atomic mass is 35.5. The molecule has 1 aliphatic carbocycles. The standard InChI is InChI=1S/C15H15Cl4N2O4/c16-14(17)15(18,19)8-12-11(9-4-2-1-3-5-9)6-10(20(22)23)7-13(12)21(24)25/h6-9,14H,1-5H2. The van der Waals surface area contributed by atoms with Gasteiger partial charge in [0.15, 0.2) is 4.33 Å². The fourth-order valence-corrected chi connectivity index (χ4v) is 3.41. The van der Waals surface area contributed by atoms with Gasteiger partial charge in [-0.15, -0.1) is 23.2 Å². The van der Waals surface area contributed by atoms with Gasteiger partial charge in [0.25, 0.3) is 11.4 Å². The van der Waals surface area contributed by atoms with E-state index < -0.39 is 24.7 Å². The Morgan fingerprint density at radius 2 is 1.68 bits per heavy atom. The number of nitrogens with zero attached hydrogens (tertiary/aromatic N) is 2. The van der Waals surface area contributed by atoms with Crippen LogP contribution in [0.2, 0.25) is 0 Å². The van der Waals surface area contributed by atoms with Crippen molar-refractivity contribution in [3.63, 3.8) is 0 Å². The maximum absolute atomic E-state index is 11.5. The number of rotatable bonds is 6. The van der Waals surface area contributed by atoms with Gasteiger partial charge in [0.2, 0.25) is 0 Å². The van der Waals surface area contributed by atoms with E-state index in [0.717, 1.165) is 38.2 Å². The van der Waals surface area contributed by atoms with Crippen molar-refractivity contribution in [1.29, 1.82) is 0 Å². The van der Waals surface area contributed by atoms with Gasteiger partial charge >= 0.3 is 0 Å². The van der Waals surface area contributed by atoms with Crippen LogP contribution < -0.4 is 0 Å². The molecule has 1 aromatic rings. The molecule has 1 saturated carbocycles. The Morgan fingerprint density at radius 3 is 2.16 bits per heavy atom. The molecular formula is C15H15Cl4N2O4. The molecule has 1 fully saturated rings. The lowest BCUT2D eigenvalue weighted by Crippen LogP contribution is -2.25. The molecule has 0 bridgehead atoms. The SMILES string of the molecule is O=[N+]([O-])c1cc(C2CCCCC2)c([CH]C(Cl)(Cl)C(Cl)Cl)c([N+](=O)[O-])c1. The predicted molar refractivity (Wildman–Crippen MR) is 98.9 cm³/mol. The summed E-state index contributed by atoms with van der Waals surface area (Å²) in [7, 11) is 0. The first-order valence-electron chi connectivity index (χ1n) is 7.62. The Hall–Kier alpha value is -0.820. The van der Waals surface area contributed by atoms with E-state index in [4.69, 9.17) is 46.4 Å². The van der Waals surface area contributed by atoms with E-state index in [2.05, 4.69) is 0 Å². The minimum atomic E-state index is -1.77. The van der Waals surface area contributed by atoms with Crippen molar-refractivity contribution in [3.05, 3.63) is 49.9 Å². The van der Waals surface area contributed by atoms with E-state index in [1.54, 1.807) is 0 Å². The highest BCUT2D eigenvalue weighted by Gasteiger charge is 2.38. The van der Waals surface area contributed by atoms with E-state index in [1.165, 1.54) is 12.5 Å². The third-order valence-electron chi connectivity index (χ3n) is 4.26. The van der Waals surface area contributed by atoms with Crippen molar-refractivity contribution in [2.75, 3.05) is 0 Å². The minimum Gasteiger partial charge on any atom is -0.258 e. The summed E-state index contributed by atoms with van der Waals surface area (Å²) in [5.41, 5.74) is -0.152. The van der Waals surface area contributed by atoms with Crippen LogP contribution in [0.1, 0.15) is 49.1 Å². The van der Waals surface area contributed by atoms with Crippen molar-refractivity contribution in [3.8, 4) is 0 Å². The van der Waals surface area contributed by atoms with E-state index in [1.807, 2.05) is 0 Å². The van der Waals surface area contributed by atoms with Crippen LogP contribution in [0.5, 0.6) is 0 Å². The maximum Gasteiger partial charge on any atom is 0.280 e. The second-order valence-corrected chi connectivity index (χ2v) is 8.48. The first kappa shape index (κ1) is 20.5. The topological polar surface area (TPSA) is 86.3 Å². The van der Waals surface area contributed by atoms with Crippen molar-refractivity contribution in [2.24, 2.45) is 0 Å². The number of halogens is 4. The Kier molecular flexibility index (Phi) is 6.76. The van der Waals surface area contributed by atoms with E-state index in [9.17, 15) is 20.2 Å². The average Bonchev–Trinajstić information content (AvgIpc) is 2.54. The number of benzene rings is 1. The van der Waals surface area contributed by atoms with Crippen LogP contribution in [0, 0.1) is 26.6 Å². The van der Waals surface area contributed by atoms with E-state index >= 15 is 0 Å². The summed E-state index contributed by atoms with van der Waals surface area (Å²) >= 11 is 23.7. The smallest absolute Gasteiger partial charge is 0.258 e. The van der Waals surface area contributed by atoms with Gasteiger partial charge in [0.05, 0.1) is 15.9 Å². The zero-order chi connectivity index (χ0) is 18.8. The summed E-state index contributed by atoms with van der Waals surface area (Å²) in [6, 6.07) is 2.26. The summed E-state index contributed by atoms with van der Waals surface area (Å²) < 4.78 is -1.77. The van der Waals surface area contributed by atoms with Crippen molar-refractivity contribution >= 4 is 57.8 Å². The molecule has 0 aromatic heterocycles.